The van der Waals surface area contributed by atoms with E-state index in [1.165, 1.54) is 11.1 Å². The van der Waals surface area contributed by atoms with Crippen LogP contribution < -0.4 is 10.2 Å². The molecule has 26 heavy (non-hydrogen) atoms. The molecule has 0 spiro atoms. The van der Waals surface area contributed by atoms with Crippen LogP contribution in [0.5, 0.6) is 0 Å². The van der Waals surface area contributed by atoms with E-state index in [4.69, 9.17) is 0 Å². The van der Waals surface area contributed by atoms with Crippen LogP contribution in [-0.4, -0.2) is 27.4 Å². The smallest absolute Gasteiger partial charge is 0.270 e. The highest BCUT2D eigenvalue weighted by Gasteiger charge is 2.19. The molecule has 1 aromatic carbocycles. The number of hydrogen-bond donors (Lipinski definition) is 1. The highest BCUT2D eigenvalue weighted by molar-refractivity contribution is 5.92. The van der Waals surface area contributed by atoms with E-state index in [9.17, 15) is 4.79 Å². The summed E-state index contributed by atoms with van der Waals surface area (Å²) in [6, 6.07) is 13.8. The summed E-state index contributed by atoms with van der Waals surface area (Å²) in [4.78, 5) is 27.4. The van der Waals surface area contributed by atoms with Gasteiger partial charge in [-0.05, 0) is 35.2 Å². The summed E-state index contributed by atoms with van der Waals surface area (Å²) in [7, 11) is 0. The fraction of sp³-hybridized carbons (Fsp3) is 0.200. The van der Waals surface area contributed by atoms with Crippen LogP contribution in [0.15, 0.2) is 61.1 Å². The van der Waals surface area contributed by atoms with Crippen LogP contribution in [-0.2, 0) is 19.5 Å². The Morgan fingerprint density at radius 2 is 1.96 bits per heavy atom. The monoisotopic (exact) mass is 345 g/mol. The topological polar surface area (TPSA) is 71.0 Å². The maximum absolute atomic E-state index is 12.4. The Morgan fingerprint density at radius 3 is 2.81 bits per heavy atom. The molecular formula is C20H19N5O. The zero-order valence-electron chi connectivity index (χ0n) is 14.3. The summed E-state index contributed by atoms with van der Waals surface area (Å²) in [6.07, 6.45) is 6.04. The van der Waals surface area contributed by atoms with Crippen molar-refractivity contribution in [3.8, 4) is 0 Å². The summed E-state index contributed by atoms with van der Waals surface area (Å²) in [5.41, 5.74) is 3.98. The largest absolute Gasteiger partial charge is 0.347 e. The molecule has 0 radical (unpaired) electrons. The molecule has 0 fully saturated rings. The van der Waals surface area contributed by atoms with E-state index < -0.39 is 0 Å². The van der Waals surface area contributed by atoms with Crippen LogP contribution in [0.3, 0.4) is 0 Å². The molecule has 4 rings (SSSR count). The third kappa shape index (κ3) is 3.54. The number of anilines is 1. The number of rotatable bonds is 4. The molecule has 0 aliphatic carbocycles. The van der Waals surface area contributed by atoms with Crippen molar-refractivity contribution in [3.63, 3.8) is 0 Å². The van der Waals surface area contributed by atoms with Crippen LogP contribution in [0.25, 0.3) is 0 Å². The molecule has 3 aromatic rings. The van der Waals surface area contributed by atoms with Crippen molar-refractivity contribution in [2.45, 2.75) is 19.5 Å². The predicted molar refractivity (Wildman–Crippen MR) is 98.6 cm³/mol. The number of hydrogen-bond acceptors (Lipinski definition) is 5. The molecule has 1 aliphatic heterocycles. The molecular weight excluding hydrogens is 326 g/mol. The lowest BCUT2D eigenvalue weighted by Gasteiger charge is -2.28. The molecule has 2 aromatic heterocycles. The number of amides is 1. The van der Waals surface area contributed by atoms with Gasteiger partial charge in [-0.2, -0.15) is 0 Å². The number of aromatic nitrogens is 3. The van der Waals surface area contributed by atoms with Crippen molar-refractivity contribution in [1.29, 1.82) is 0 Å². The van der Waals surface area contributed by atoms with Gasteiger partial charge in [-0.15, -0.1) is 0 Å². The minimum absolute atomic E-state index is 0.213. The van der Waals surface area contributed by atoms with Crippen molar-refractivity contribution in [1.82, 2.24) is 20.3 Å². The van der Waals surface area contributed by atoms with Crippen LogP contribution in [0.1, 0.15) is 27.2 Å². The van der Waals surface area contributed by atoms with Crippen molar-refractivity contribution >= 4 is 11.9 Å². The van der Waals surface area contributed by atoms with Gasteiger partial charge in [-0.25, -0.2) is 9.97 Å². The number of carbonyl (C=O) groups excluding carboxylic acids is 1. The third-order valence-electron chi connectivity index (χ3n) is 4.46. The maximum Gasteiger partial charge on any atom is 0.270 e. The molecule has 0 saturated carbocycles. The number of pyridine rings is 1. The summed E-state index contributed by atoms with van der Waals surface area (Å²) in [5, 5.41) is 2.87. The average Bonchev–Trinajstić information content (AvgIpc) is 2.72. The number of fused-ring (bicyclic) bond motifs is 1. The van der Waals surface area contributed by atoms with Gasteiger partial charge in [0.05, 0.1) is 0 Å². The Hall–Kier alpha value is -3.28. The van der Waals surface area contributed by atoms with Gasteiger partial charge in [0.25, 0.3) is 5.91 Å². The molecule has 0 unspecified atom stereocenters. The molecule has 1 aliphatic rings. The van der Waals surface area contributed by atoms with Crippen molar-refractivity contribution in [2.24, 2.45) is 0 Å². The van der Waals surface area contributed by atoms with E-state index in [0.717, 1.165) is 25.1 Å². The van der Waals surface area contributed by atoms with Crippen LogP contribution in [0.2, 0.25) is 0 Å². The summed E-state index contributed by atoms with van der Waals surface area (Å²) in [6.45, 7) is 2.03. The lowest BCUT2D eigenvalue weighted by Crippen LogP contribution is -2.32. The predicted octanol–water partition coefficient (Wildman–Crippen LogP) is 2.36. The Kier molecular flexibility index (Phi) is 4.55. The number of nitrogens with one attached hydrogen (secondary N) is 1. The first-order valence-corrected chi connectivity index (χ1v) is 8.61. The first-order valence-electron chi connectivity index (χ1n) is 8.61. The minimum Gasteiger partial charge on any atom is -0.347 e. The number of benzene rings is 1. The van der Waals surface area contributed by atoms with E-state index in [2.05, 4.69) is 43.4 Å². The normalized spacial score (nSPS) is 13.2. The second-order valence-corrected chi connectivity index (χ2v) is 6.23. The third-order valence-corrected chi connectivity index (χ3v) is 4.46. The molecule has 0 saturated heterocycles. The van der Waals surface area contributed by atoms with Crippen LogP contribution >= 0.6 is 0 Å². The van der Waals surface area contributed by atoms with E-state index in [-0.39, 0.29) is 5.91 Å². The Balaban J connectivity index is 1.46. The highest BCUT2D eigenvalue weighted by Crippen LogP contribution is 2.21. The van der Waals surface area contributed by atoms with Crippen molar-refractivity contribution in [2.75, 3.05) is 11.4 Å². The molecule has 0 bridgehead atoms. The Bertz CT molecular complexity index is 913. The zero-order chi connectivity index (χ0) is 17.8. The lowest BCUT2D eigenvalue weighted by molar-refractivity contribution is 0.0946. The van der Waals surface area contributed by atoms with Gasteiger partial charge < -0.3 is 10.2 Å². The van der Waals surface area contributed by atoms with E-state index in [1.54, 1.807) is 24.7 Å². The SMILES string of the molecule is O=C(NCc1cccnc1)c1ccnc(N2CCc3ccccc3C2)n1. The van der Waals surface area contributed by atoms with Gasteiger partial charge in [0.15, 0.2) is 0 Å². The minimum atomic E-state index is -0.213. The molecule has 1 amide bonds. The molecule has 130 valence electrons. The standard InChI is InChI=1S/C20H19N5O/c26-19(23-13-15-4-3-9-21-12-15)18-7-10-22-20(24-18)25-11-8-16-5-1-2-6-17(16)14-25/h1-7,9-10,12H,8,11,13-14H2,(H,23,26). The first-order chi connectivity index (χ1) is 12.8. The van der Waals surface area contributed by atoms with Gasteiger partial charge in [0, 0.05) is 38.2 Å². The van der Waals surface area contributed by atoms with Gasteiger partial charge in [-0.1, -0.05) is 30.3 Å². The second-order valence-electron chi connectivity index (χ2n) is 6.23. The summed E-state index contributed by atoms with van der Waals surface area (Å²) < 4.78 is 0. The molecule has 6 nitrogen and oxygen atoms in total. The highest BCUT2D eigenvalue weighted by atomic mass is 16.1. The quantitative estimate of drug-likeness (QED) is 0.786. The number of carbonyl (C=O) groups is 1. The van der Waals surface area contributed by atoms with Crippen molar-refractivity contribution < 1.29 is 4.79 Å². The zero-order valence-corrected chi connectivity index (χ0v) is 14.3. The molecule has 0 atom stereocenters. The second kappa shape index (κ2) is 7.31. The molecule has 1 N–H and O–H groups in total. The van der Waals surface area contributed by atoms with Crippen LogP contribution in [0.4, 0.5) is 5.95 Å². The van der Waals surface area contributed by atoms with E-state index in [1.807, 2.05) is 18.2 Å². The van der Waals surface area contributed by atoms with Crippen LogP contribution in [0, 0.1) is 0 Å². The van der Waals surface area contributed by atoms with Gasteiger partial charge >= 0.3 is 0 Å². The Morgan fingerprint density at radius 1 is 1.08 bits per heavy atom. The molecule has 3 heterocycles. The fourth-order valence-corrected chi connectivity index (χ4v) is 3.07. The lowest BCUT2D eigenvalue weighted by atomic mass is 10.0. The number of nitrogens with zero attached hydrogens (tertiary/aromatic N) is 4. The van der Waals surface area contributed by atoms with Gasteiger partial charge in [0.1, 0.15) is 5.69 Å². The first kappa shape index (κ1) is 16.2. The molecule has 6 heteroatoms. The summed E-state index contributed by atoms with van der Waals surface area (Å²) in [5.74, 6) is 0.378. The Labute approximate surface area is 151 Å². The fourth-order valence-electron chi connectivity index (χ4n) is 3.07. The van der Waals surface area contributed by atoms with E-state index >= 15 is 0 Å². The summed E-state index contributed by atoms with van der Waals surface area (Å²) >= 11 is 0. The average molecular weight is 345 g/mol. The van der Waals surface area contributed by atoms with Gasteiger partial charge in [0.2, 0.25) is 5.95 Å². The maximum atomic E-state index is 12.4. The van der Waals surface area contributed by atoms with E-state index in [0.29, 0.717) is 18.2 Å². The van der Waals surface area contributed by atoms with Gasteiger partial charge in [-0.3, -0.25) is 9.78 Å². The van der Waals surface area contributed by atoms with Crippen molar-refractivity contribution in [3.05, 3.63) is 83.4 Å².